The Balaban J connectivity index is 1.42. The number of rotatable bonds is 9. The zero-order chi connectivity index (χ0) is 19.8. The number of imidazole rings is 1. The van der Waals surface area contributed by atoms with Gasteiger partial charge in [0.1, 0.15) is 5.82 Å². The highest BCUT2D eigenvalue weighted by molar-refractivity contribution is 5.77. The molecule has 0 aliphatic heterocycles. The maximum Gasteiger partial charge on any atom is 0.257 e. The molecule has 2 N–H and O–H groups in total. The number of hydrogen-bond donors (Lipinski definition) is 2. The number of carbonyl (C=O) groups is 1. The van der Waals surface area contributed by atoms with Gasteiger partial charge in [-0.1, -0.05) is 30.4 Å². The Bertz CT molecular complexity index is 930. The van der Waals surface area contributed by atoms with Crippen LogP contribution in [0.3, 0.4) is 0 Å². The topological polar surface area (TPSA) is 76.2 Å². The Hall–Kier alpha value is -3.28. The summed E-state index contributed by atoms with van der Waals surface area (Å²) in [6.07, 6.45) is 5.50. The van der Waals surface area contributed by atoms with Crippen molar-refractivity contribution in [1.29, 1.82) is 0 Å². The summed E-state index contributed by atoms with van der Waals surface area (Å²) in [5, 5.41) is 2.87. The molecule has 6 nitrogen and oxygen atoms in total. The highest BCUT2D eigenvalue weighted by Crippen LogP contribution is 2.28. The molecule has 0 aliphatic rings. The van der Waals surface area contributed by atoms with Gasteiger partial charge in [-0.15, -0.1) is 0 Å². The first-order chi connectivity index (χ1) is 13.7. The van der Waals surface area contributed by atoms with Crippen molar-refractivity contribution in [1.82, 2.24) is 15.3 Å². The fourth-order valence-corrected chi connectivity index (χ4v) is 2.90. The lowest BCUT2D eigenvalue weighted by molar-refractivity contribution is -0.123. The van der Waals surface area contributed by atoms with Gasteiger partial charge in [0, 0.05) is 13.0 Å². The highest BCUT2D eigenvalue weighted by Gasteiger charge is 2.08. The summed E-state index contributed by atoms with van der Waals surface area (Å²) in [5.41, 5.74) is 3.01. The van der Waals surface area contributed by atoms with E-state index in [-0.39, 0.29) is 12.5 Å². The largest absolute Gasteiger partial charge is 0.493 e. The van der Waals surface area contributed by atoms with Crippen LogP contribution in [-0.4, -0.2) is 36.1 Å². The van der Waals surface area contributed by atoms with Gasteiger partial charge in [0.15, 0.2) is 18.1 Å². The van der Waals surface area contributed by atoms with Crippen molar-refractivity contribution < 1.29 is 14.3 Å². The lowest BCUT2D eigenvalue weighted by atomic mass is 10.2. The Morgan fingerprint density at radius 2 is 2.07 bits per heavy atom. The van der Waals surface area contributed by atoms with Crippen LogP contribution in [0.25, 0.3) is 17.1 Å². The van der Waals surface area contributed by atoms with Crippen molar-refractivity contribution in [3.8, 4) is 11.5 Å². The van der Waals surface area contributed by atoms with Crippen LogP contribution < -0.4 is 14.8 Å². The van der Waals surface area contributed by atoms with E-state index in [4.69, 9.17) is 9.47 Å². The number of amides is 1. The number of benzene rings is 2. The number of nitrogens with one attached hydrogen (secondary N) is 2. The standard InChI is InChI=1S/C22H25N3O3/c1-3-7-16-11-12-19(20(14-16)27-2)28-15-22(26)23-13-6-10-21-24-17-8-4-5-9-18(17)25-21/h3-5,7-9,11-12,14H,6,10,13,15H2,1-2H3,(H,23,26)(H,24,25)/b7-3+. The van der Waals surface area contributed by atoms with E-state index in [9.17, 15) is 4.79 Å². The lowest BCUT2D eigenvalue weighted by Crippen LogP contribution is -2.30. The minimum Gasteiger partial charge on any atom is -0.493 e. The molecule has 1 amide bonds. The summed E-state index contributed by atoms with van der Waals surface area (Å²) in [7, 11) is 1.58. The summed E-state index contributed by atoms with van der Waals surface area (Å²) < 4.78 is 10.9. The van der Waals surface area contributed by atoms with Crippen LogP contribution in [0.4, 0.5) is 0 Å². The molecule has 0 fully saturated rings. The third-order valence-electron chi connectivity index (χ3n) is 4.26. The summed E-state index contributed by atoms with van der Waals surface area (Å²) in [6, 6.07) is 13.5. The smallest absolute Gasteiger partial charge is 0.257 e. The van der Waals surface area contributed by atoms with E-state index in [0.29, 0.717) is 18.0 Å². The molecule has 0 unspecified atom stereocenters. The minimum absolute atomic E-state index is 0.0516. The summed E-state index contributed by atoms with van der Waals surface area (Å²) in [4.78, 5) is 19.8. The van der Waals surface area contributed by atoms with Gasteiger partial charge < -0.3 is 19.8 Å². The molecule has 3 aromatic rings. The summed E-state index contributed by atoms with van der Waals surface area (Å²) in [5.74, 6) is 1.92. The third kappa shape index (κ3) is 5.13. The molecule has 3 rings (SSSR count). The van der Waals surface area contributed by atoms with Gasteiger partial charge in [-0.3, -0.25) is 4.79 Å². The first kappa shape index (κ1) is 19.5. The zero-order valence-corrected chi connectivity index (χ0v) is 16.2. The predicted octanol–water partition coefficient (Wildman–Crippen LogP) is 3.73. The maximum atomic E-state index is 12.0. The van der Waals surface area contributed by atoms with E-state index >= 15 is 0 Å². The third-order valence-corrected chi connectivity index (χ3v) is 4.26. The normalized spacial score (nSPS) is 11.1. The van der Waals surface area contributed by atoms with Gasteiger partial charge in [-0.25, -0.2) is 4.98 Å². The molecule has 0 bridgehead atoms. The SMILES string of the molecule is C/C=C/c1ccc(OCC(=O)NCCCc2nc3ccccc3[nH]2)c(OC)c1. The number of aryl methyl sites for hydroxylation is 1. The number of nitrogens with zero attached hydrogens (tertiary/aromatic N) is 1. The molecule has 0 aliphatic carbocycles. The van der Waals surface area contributed by atoms with Crippen molar-refractivity contribution in [3.05, 3.63) is 59.9 Å². The Morgan fingerprint density at radius 3 is 2.86 bits per heavy atom. The summed E-state index contributed by atoms with van der Waals surface area (Å²) >= 11 is 0. The Labute approximate surface area is 164 Å². The number of ether oxygens (including phenoxy) is 2. The molecule has 0 radical (unpaired) electrons. The predicted molar refractivity (Wildman–Crippen MR) is 111 cm³/mol. The van der Waals surface area contributed by atoms with E-state index in [0.717, 1.165) is 35.3 Å². The van der Waals surface area contributed by atoms with Crippen molar-refractivity contribution in [2.75, 3.05) is 20.3 Å². The number of hydrogen-bond acceptors (Lipinski definition) is 4. The molecule has 2 aromatic carbocycles. The molecule has 0 saturated heterocycles. The number of H-pyrrole nitrogens is 1. The molecule has 0 saturated carbocycles. The average molecular weight is 379 g/mol. The first-order valence-electron chi connectivity index (χ1n) is 9.33. The molecule has 28 heavy (non-hydrogen) atoms. The van der Waals surface area contributed by atoms with Crippen LogP contribution in [0, 0.1) is 0 Å². The first-order valence-corrected chi connectivity index (χ1v) is 9.33. The van der Waals surface area contributed by atoms with Gasteiger partial charge in [0.05, 0.1) is 18.1 Å². The minimum atomic E-state index is -0.163. The lowest BCUT2D eigenvalue weighted by Gasteiger charge is -2.11. The Morgan fingerprint density at radius 1 is 1.21 bits per heavy atom. The second-order valence-electron chi connectivity index (χ2n) is 6.35. The Kier molecular flexibility index (Phi) is 6.68. The van der Waals surface area contributed by atoms with Crippen molar-refractivity contribution in [3.63, 3.8) is 0 Å². The molecular weight excluding hydrogens is 354 g/mol. The number of aromatic amines is 1. The van der Waals surface area contributed by atoms with Crippen LogP contribution in [0.15, 0.2) is 48.5 Å². The van der Waals surface area contributed by atoms with Crippen molar-refractivity contribution in [2.45, 2.75) is 19.8 Å². The van der Waals surface area contributed by atoms with Crippen LogP contribution in [0.2, 0.25) is 0 Å². The number of aromatic nitrogens is 2. The van der Waals surface area contributed by atoms with Crippen LogP contribution in [-0.2, 0) is 11.2 Å². The van der Waals surface area contributed by atoms with Crippen LogP contribution >= 0.6 is 0 Å². The van der Waals surface area contributed by atoms with Crippen LogP contribution in [0.1, 0.15) is 24.7 Å². The quantitative estimate of drug-likeness (QED) is 0.556. The second kappa shape index (κ2) is 9.60. The molecule has 1 heterocycles. The molecule has 0 atom stereocenters. The fourth-order valence-electron chi connectivity index (χ4n) is 2.90. The van der Waals surface area contributed by atoms with Crippen molar-refractivity contribution >= 4 is 23.0 Å². The molecular formula is C22H25N3O3. The van der Waals surface area contributed by atoms with Crippen molar-refractivity contribution in [2.24, 2.45) is 0 Å². The van der Waals surface area contributed by atoms with E-state index in [1.165, 1.54) is 0 Å². The number of allylic oxidation sites excluding steroid dienone is 1. The van der Waals surface area contributed by atoms with Gasteiger partial charge >= 0.3 is 0 Å². The number of para-hydroxylation sites is 2. The van der Waals surface area contributed by atoms with E-state index in [1.807, 2.05) is 61.5 Å². The van der Waals surface area contributed by atoms with Gasteiger partial charge in [0.25, 0.3) is 5.91 Å². The van der Waals surface area contributed by atoms with Crippen LogP contribution in [0.5, 0.6) is 11.5 Å². The second-order valence-corrected chi connectivity index (χ2v) is 6.35. The molecule has 146 valence electrons. The van der Waals surface area contributed by atoms with E-state index in [2.05, 4.69) is 15.3 Å². The average Bonchev–Trinajstić information content (AvgIpc) is 3.13. The van der Waals surface area contributed by atoms with Gasteiger partial charge in [-0.05, 0) is 43.2 Å². The van der Waals surface area contributed by atoms with Gasteiger partial charge in [0.2, 0.25) is 0 Å². The zero-order valence-electron chi connectivity index (χ0n) is 16.2. The van der Waals surface area contributed by atoms with E-state index < -0.39 is 0 Å². The molecule has 0 spiro atoms. The van der Waals surface area contributed by atoms with Gasteiger partial charge in [-0.2, -0.15) is 0 Å². The monoisotopic (exact) mass is 379 g/mol. The molecule has 1 aromatic heterocycles. The van der Waals surface area contributed by atoms with E-state index in [1.54, 1.807) is 7.11 Å². The number of carbonyl (C=O) groups excluding carboxylic acids is 1. The molecule has 6 heteroatoms. The summed E-state index contributed by atoms with van der Waals surface area (Å²) in [6.45, 7) is 2.47. The maximum absolute atomic E-state index is 12.0. The number of methoxy groups -OCH3 is 1. The highest BCUT2D eigenvalue weighted by atomic mass is 16.5. The fraction of sp³-hybridized carbons (Fsp3) is 0.273. The number of fused-ring (bicyclic) bond motifs is 1.